The average Bonchev–Trinajstić information content (AvgIpc) is 3.31. The van der Waals surface area contributed by atoms with Crippen LogP contribution in [0.1, 0.15) is 36.8 Å². The van der Waals surface area contributed by atoms with Crippen LogP contribution in [0.5, 0.6) is 0 Å². The van der Waals surface area contributed by atoms with Crippen LogP contribution in [-0.4, -0.2) is 24.4 Å². The molecule has 1 atom stereocenters. The van der Waals surface area contributed by atoms with Gasteiger partial charge in [0, 0.05) is 19.0 Å². The molecule has 0 bridgehead atoms. The maximum Gasteiger partial charge on any atom is 0.416 e. The first-order chi connectivity index (χ1) is 10.8. The summed E-state index contributed by atoms with van der Waals surface area (Å²) in [5, 5.41) is 5.60. The first-order valence-corrected chi connectivity index (χ1v) is 7.57. The Hall–Kier alpha value is -2.05. The molecule has 3 rings (SSSR count). The number of hydrogen-bond donors (Lipinski definition) is 2. The predicted octanol–water partition coefficient (Wildman–Crippen LogP) is 2.13. The van der Waals surface area contributed by atoms with Gasteiger partial charge in [0.05, 0.1) is 11.0 Å². The number of amides is 2. The number of alkyl halides is 3. The van der Waals surface area contributed by atoms with E-state index in [4.69, 9.17) is 0 Å². The monoisotopic (exact) mass is 326 g/mol. The van der Waals surface area contributed by atoms with E-state index >= 15 is 0 Å². The SMILES string of the molecule is O=C1CCC(NC(=O)C2(c3ccc(C(F)(F)F)cc3)CC2)CN1. The van der Waals surface area contributed by atoms with Crippen molar-refractivity contribution < 1.29 is 22.8 Å². The van der Waals surface area contributed by atoms with Gasteiger partial charge in [0.1, 0.15) is 0 Å². The summed E-state index contributed by atoms with van der Waals surface area (Å²) in [5.74, 6) is -0.196. The molecule has 1 aromatic carbocycles. The Morgan fingerprint density at radius 2 is 1.87 bits per heavy atom. The lowest BCUT2D eigenvalue weighted by atomic mass is 9.93. The van der Waals surface area contributed by atoms with Gasteiger partial charge in [-0.3, -0.25) is 9.59 Å². The first kappa shape index (κ1) is 15.8. The molecule has 2 amide bonds. The van der Waals surface area contributed by atoms with Crippen molar-refractivity contribution in [3.8, 4) is 0 Å². The Balaban J connectivity index is 1.69. The summed E-state index contributed by atoms with van der Waals surface area (Å²) in [6.07, 6.45) is -2.16. The number of carbonyl (C=O) groups is 2. The first-order valence-electron chi connectivity index (χ1n) is 7.57. The van der Waals surface area contributed by atoms with E-state index < -0.39 is 17.2 Å². The lowest BCUT2D eigenvalue weighted by Crippen LogP contribution is -2.50. The van der Waals surface area contributed by atoms with Gasteiger partial charge in [-0.1, -0.05) is 12.1 Å². The summed E-state index contributed by atoms with van der Waals surface area (Å²) >= 11 is 0. The molecule has 2 fully saturated rings. The normalized spacial score (nSPS) is 23.1. The minimum atomic E-state index is -4.38. The standard InChI is InChI=1S/C16H17F3N2O2/c17-16(18,19)11-3-1-10(2-4-11)15(7-8-15)14(23)21-12-5-6-13(22)20-9-12/h1-4,12H,5-9H2,(H,20,22)(H,21,23). The Morgan fingerprint density at radius 1 is 1.22 bits per heavy atom. The molecule has 1 heterocycles. The van der Waals surface area contributed by atoms with Gasteiger partial charge in [-0.15, -0.1) is 0 Å². The van der Waals surface area contributed by atoms with Gasteiger partial charge in [-0.25, -0.2) is 0 Å². The van der Waals surface area contributed by atoms with Crippen molar-refractivity contribution in [3.05, 3.63) is 35.4 Å². The number of rotatable bonds is 3. The molecule has 0 spiro atoms. The van der Waals surface area contributed by atoms with Crippen molar-refractivity contribution in [2.24, 2.45) is 0 Å². The third-order valence-corrected chi connectivity index (χ3v) is 4.55. The molecule has 1 aliphatic carbocycles. The fourth-order valence-corrected chi connectivity index (χ4v) is 2.93. The summed E-state index contributed by atoms with van der Waals surface area (Å²) < 4.78 is 37.9. The number of halogens is 3. The maximum absolute atomic E-state index is 12.6. The molecular weight excluding hydrogens is 309 g/mol. The van der Waals surface area contributed by atoms with Crippen LogP contribution in [0.4, 0.5) is 13.2 Å². The van der Waals surface area contributed by atoms with Crippen molar-refractivity contribution in [3.63, 3.8) is 0 Å². The zero-order valence-electron chi connectivity index (χ0n) is 12.4. The molecule has 1 aliphatic heterocycles. The largest absolute Gasteiger partial charge is 0.416 e. The minimum absolute atomic E-state index is 0.0284. The van der Waals surface area contributed by atoms with Crippen molar-refractivity contribution in [2.45, 2.75) is 43.3 Å². The van der Waals surface area contributed by atoms with Crippen molar-refractivity contribution >= 4 is 11.8 Å². The van der Waals surface area contributed by atoms with Gasteiger partial charge in [-0.2, -0.15) is 13.2 Å². The van der Waals surface area contributed by atoms with Crippen molar-refractivity contribution in [1.29, 1.82) is 0 Å². The number of hydrogen-bond acceptors (Lipinski definition) is 2. The second kappa shape index (κ2) is 5.54. The van der Waals surface area contributed by atoms with Crippen LogP contribution in [0, 0.1) is 0 Å². The lowest BCUT2D eigenvalue weighted by Gasteiger charge is -2.26. The van der Waals surface area contributed by atoms with Crippen LogP contribution < -0.4 is 10.6 Å². The van der Waals surface area contributed by atoms with Crippen molar-refractivity contribution in [2.75, 3.05) is 6.54 Å². The molecule has 2 N–H and O–H groups in total. The molecule has 2 aliphatic rings. The highest BCUT2D eigenvalue weighted by molar-refractivity contribution is 5.91. The number of carbonyl (C=O) groups excluding carboxylic acids is 2. The van der Waals surface area contributed by atoms with Gasteiger partial charge in [-0.05, 0) is 37.0 Å². The van der Waals surface area contributed by atoms with Crippen LogP contribution in [-0.2, 0) is 21.2 Å². The molecule has 23 heavy (non-hydrogen) atoms. The van der Waals surface area contributed by atoms with E-state index in [2.05, 4.69) is 10.6 Å². The number of nitrogens with one attached hydrogen (secondary N) is 2. The minimum Gasteiger partial charge on any atom is -0.354 e. The molecule has 1 saturated carbocycles. The van der Waals surface area contributed by atoms with E-state index in [1.807, 2.05) is 0 Å². The fraction of sp³-hybridized carbons (Fsp3) is 0.500. The fourth-order valence-electron chi connectivity index (χ4n) is 2.93. The number of benzene rings is 1. The molecule has 0 aromatic heterocycles. The molecule has 7 heteroatoms. The van der Waals surface area contributed by atoms with E-state index in [9.17, 15) is 22.8 Å². The van der Waals surface area contributed by atoms with Crippen molar-refractivity contribution in [1.82, 2.24) is 10.6 Å². The van der Waals surface area contributed by atoms with Crippen LogP contribution in [0.3, 0.4) is 0 Å². The maximum atomic E-state index is 12.6. The molecule has 0 radical (unpaired) electrons. The topological polar surface area (TPSA) is 58.2 Å². The molecule has 1 saturated heterocycles. The smallest absolute Gasteiger partial charge is 0.354 e. The molecule has 1 aromatic rings. The van der Waals surface area contributed by atoms with Gasteiger partial charge < -0.3 is 10.6 Å². The van der Waals surface area contributed by atoms with Gasteiger partial charge in [0.2, 0.25) is 11.8 Å². The highest BCUT2D eigenvalue weighted by atomic mass is 19.4. The summed E-state index contributed by atoms with van der Waals surface area (Å²) in [4.78, 5) is 23.6. The van der Waals surface area contributed by atoms with Gasteiger partial charge in [0.15, 0.2) is 0 Å². The number of piperidine rings is 1. The summed E-state index contributed by atoms with van der Waals surface area (Å²) in [6, 6.07) is 4.69. The van der Waals surface area contributed by atoms with Gasteiger partial charge in [0.25, 0.3) is 0 Å². The second-order valence-electron chi connectivity index (χ2n) is 6.17. The third kappa shape index (κ3) is 3.18. The molecule has 124 valence electrons. The van der Waals surface area contributed by atoms with E-state index in [0.29, 0.717) is 37.8 Å². The zero-order chi connectivity index (χ0) is 16.7. The summed E-state index contributed by atoms with van der Waals surface area (Å²) in [6.45, 7) is 0.396. The zero-order valence-corrected chi connectivity index (χ0v) is 12.4. The Labute approximate surface area is 131 Å². The van der Waals surface area contributed by atoms with E-state index in [1.165, 1.54) is 12.1 Å². The lowest BCUT2D eigenvalue weighted by molar-refractivity contribution is -0.137. The Bertz CT molecular complexity index is 611. The van der Waals surface area contributed by atoms with E-state index in [-0.39, 0.29) is 17.9 Å². The Morgan fingerprint density at radius 3 is 2.35 bits per heavy atom. The predicted molar refractivity (Wildman–Crippen MR) is 76.5 cm³/mol. The quantitative estimate of drug-likeness (QED) is 0.894. The highest BCUT2D eigenvalue weighted by Crippen LogP contribution is 2.49. The van der Waals surface area contributed by atoms with Crippen LogP contribution in [0.25, 0.3) is 0 Å². The third-order valence-electron chi connectivity index (χ3n) is 4.55. The molecule has 4 nitrogen and oxygen atoms in total. The Kier molecular flexibility index (Phi) is 3.82. The van der Waals surface area contributed by atoms with Crippen LogP contribution in [0.2, 0.25) is 0 Å². The highest BCUT2D eigenvalue weighted by Gasteiger charge is 2.51. The summed E-state index contributed by atoms with van der Waals surface area (Å²) in [7, 11) is 0. The summed E-state index contributed by atoms with van der Waals surface area (Å²) in [5.41, 5.74) is -0.818. The average molecular weight is 326 g/mol. The molecular formula is C16H17F3N2O2. The van der Waals surface area contributed by atoms with E-state index in [0.717, 1.165) is 12.1 Å². The second-order valence-corrected chi connectivity index (χ2v) is 6.17. The van der Waals surface area contributed by atoms with Gasteiger partial charge >= 0.3 is 6.18 Å². The van der Waals surface area contributed by atoms with Crippen LogP contribution >= 0.6 is 0 Å². The van der Waals surface area contributed by atoms with Crippen LogP contribution in [0.15, 0.2) is 24.3 Å². The molecule has 1 unspecified atom stereocenters. The van der Waals surface area contributed by atoms with E-state index in [1.54, 1.807) is 0 Å².